The first-order chi connectivity index (χ1) is 7.56. The number of hydrogen-bond acceptors (Lipinski definition) is 2. The Morgan fingerprint density at radius 2 is 2.19 bits per heavy atom. The summed E-state index contributed by atoms with van der Waals surface area (Å²) in [6.45, 7) is 1.95. The van der Waals surface area contributed by atoms with Gasteiger partial charge in [0, 0.05) is 24.5 Å². The van der Waals surface area contributed by atoms with Crippen LogP contribution in [0.3, 0.4) is 0 Å². The minimum absolute atomic E-state index is 0.0923. The van der Waals surface area contributed by atoms with Gasteiger partial charge in [-0.3, -0.25) is 4.79 Å². The van der Waals surface area contributed by atoms with Gasteiger partial charge in [-0.15, -0.1) is 0 Å². The highest BCUT2D eigenvalue weighted by atomic mass is 35.5. The molecule has 1 aliphatic heterocycles. The third-order valence-electron chi connectivity index (χ3n) is 3.21. The molecule has 1 aromatic rings. The molecule has 1 N–H and O–H groups in total. The molecule has 4 heteroatoms. The summed E-state index contributed by atoms with van der Waals surface area (Å²) in [5.74, 6) is 0.122. The Labute approximate surface area is 100 Å². The van der Waals surface area contributed by atoms with Crippen molar-refractivity contribution in [3.8, 4) is 0 Å². The van der Waals surface area contributed by atoms with E-state index in [1.165, 1.54) is 0 Å². The summed E-state index contributed by atoms with van der Waals surface area (Å²) in [7, 11) is 3.67. The summed E-state index contributed by atoms with van der Waals surface area (Å²) >= 11 is 6.09. The summed E-state index contributed by atoms with van der Waals surface area (Å²) in [5.41, 5.74) is 3.06. The molecule has 0 spiro atoms. The van der Waals surface area contributed by atoms with Crippen LogP contribution < -0.4 is 10.2 Å². The number of anilines is 1. The van der Waals surface area contributed by atoms with Crippen molar-refractivity contribution in [1.29, 1.82) is 0 Å². The van der Waals surface area contributed by atoms with Gasteiger partial charge in [-0.1, -0.05) is 17.7 Å². The number of nitrogens with one attached hydrogen (secondary N) is 1. The maximum Gasteiger partial charge on any atom is 0.228 e. The van der Waals surface area contributed by atoms with Crippen molar-refractivity contribution in [1.82, 2.24) is 5.32 Å². The van der Waals surface area contributed by atoms with E-state index in [9.17, 15) is 4.79 Å². The zero-order valence-electron chi connectivity index (χ0n) is 9.67. The summed E-state index contributed by atoms with van der Waals surface area (Å²) in [6, 6.07) is 3.98. The van der Waals surface area contributed by atoms with E-state index in [1.54, 1.807) is 11.9 Å². The van der Waals surface area contributed by atoms with E-state index < -0.39 is 0 Å². The minimum atomic E-state index is 0.0923. The lowest BCUT2D eigenvalue weighted by Crippen LogP contribution is -2.37. The molecular weight excluding hydrogens is 224 g/mol. The molecule has 3 nitrogen and oxygen atoms in total. The Hall–Kier alpha value is -1.06. The fraction of sp³-hybridized carbons (Fsp3) is 0.417. The van der Waals surface area contributed by atoms with Crippen molar-refractivity contribution >= 4 is 23.2 Å². The van der Waals surface area contributed by atoms with Crippen LogP contribution in [0.2, 0.25) is 5.02 Å². The molecule has 0 radical (unpaired) electrons. The standard InChI is InChI=1S/C12H15ClN2O/c1-7-9(13)5-4-8-10(14-2)6-11(16)15(3)12(7)8/h4-5,10,14H,6H2,1-3H3. The second-order valence-corrected chi connectivity index (χ2v) is 4.52. The Morgan fingerprint density at radius 3 is 2.81 bits per heavy atom. The van der Waals surface area contributed by atoms with Crippen molar-refractivity contribution in [3.05, 3.63) is 28.3 Å². The van der Waals surface area contributed by atoms with E-state index in [0.29, 0.717) is 11.4 Å². The highest BCUT2D eigenvalue weighted by Gasteiger charge is 2.29. The van der Waals surface area contributed by atoms with Gasteiger partial charge in [0.05, 0.1) is 5.69 Å². The number of fused-ring (bicyclic) bond motifs is 1. The highest BCUT2D eigenvalue weighted by molar-refractivity contribution is 6.32. The van der Waals surface area contributed by atoms with Crippen LogP contribution in [-0.4, -0.2) is 20.0 Å². The first kappa shape index (κ1) is 11.4. The quantitative estimate of drug-likeness (QED) is 0.814. The number of hydrogen-bond donors (Lipinski definition) is 1. The molecule has 0 aromatic heterocycles. The average molecular weight is 239 g/mol. The van der Waals surface area contributed by atoms with Crippen molar-refractivity contribution in [2.75, 3.05) is 19.0 Å². The number of amides is 1. The zero-order chi connectivity index (χ0) is 11.9. The molecule has 0 fully saturated rings. The number of rotatable bonds is 1. The lowest BCUT2D eigenvalue weighted by molar-refractivity contribution is -0.119. The first-order valence-electron chi connectivity index (χ1n) is 5.29. The van der Waals surface area contributed by atoms with Gasteiger partial charge in [0.2, 0.25) is 5.91 Å². The van der Waals surface area contributed by atoms with E-state index >= 15 is 0 Å². The monoisotopic (exact) mass is 238 g/mol. The normalized spacial score (nSPS) is 19.9. The number of nitrogens with zero attached hydrogens (tertiary/aromatic N) is 1. The third kappa shape index (κ3) is 1.60. The van der Waals surface area contributed by atoms with Gasteiger partial charge in [0.1, 0.15) is 0 Å². The molecule has 0 saturated heterocycles. The van der Waals surface area contributed by atoms with Crippen LogP contribution in [0.25, 0.3) is 0 Å². The van der Waals surface area contributed by atoms with Crippen LogP contribution in [0.15, 0.2) is 12.1 Å². The van der Waals surface area contributed by atoms with E-state index in [0.717, 1.165) is 16.8 Å². The maximum atomic E-state index is 11.8. The second-order valence-electron chi connectivity index (χ2n) is 4.11. The average Bonchev–Trinajstić information content (AvgIpc) is 2.27. The maximum absolute atomic E-state index is 11.8. The van der Waals surface area contributed by atoms with Crippen molar-refractivity contribution < 1.29 is 4.79 Å². The molecule has 86 valence electrons. The third-order valence-corrected chi connectivity index (χ3v) is 3.62. The largest absolute Gasteiger partial charge is 0.315 e. The SMILES string of the molecule is CNC1CC(=O)N(C)c2c1ccc(Cl)c2C. The van der Waals surface area contributed by atoms with Crippen LogP contribution >= 0.6 is 11.6 Å². The molecule has 1 aliphatic rings. The van der Waals surface area contributed by atoms with Crippen LogP contribution in [0, 0.1) is 6.92 Å². The van der Waals surface area contributed by atoms with Crippen LogP contribution in [0.4, 0.5) is 5.69 Å². The molecule has 1 atom stereocenters. The van der Waals surface area contributed by atoms with E-state index in [1.807, 2.05) is 26.1 Å². The fourth-order valence-electron chi connectivity index (χ4n) is 2.23. The van der Waals surface area contributed by atoms with Crippen LogP contribution in [-0.2, 0) is 4.79 Å². The second kappa shape index (κ2) is 4.07. The smallest absolute Gasteiger partial charge is 0.228 e. The number of halogens is 1. The van der Waals surface area contributed by atoms with Gasteiger partial charge in [0.25, 0.3) is 0 Å². The topological polar surface area (TPSA) is 32.3 Å². The number of carbonyl (C=O) groups excluding carboxylic acids is 1. The van der Waals surface area contributed by atoms with Crippen molar-refractivity contribution in [2.24, 2.45) is 0 Å². The van der Waals surface area contributed by atoms with Gasteiger partial charge in [-0.25, -0.2) is 0 Å². The van der Waals surface area contributed by atoms with Gasteiger partial charge in [-0.2, -0.15) is 0 Å². The minimum Gasteiger partial charge on any atom is -0.315 e. The van der Waals surface area contributed by atoms with Gasteiger partial charge in [0.15, 0.2) is 0 Å². The molecule has 1 amide bonds. The summed E-state index contributed by atoms with van der Waals surface area (Å²) in [5, 5.41) is 3.87. The summed E-state index contributed by atoms with van der Waals surface area (Å²) in [6.07, 6.45) is 0.501. The molecule has 1 unspecified atom stereocenters. The van der Waals surface area contributed by atoms with E-state index in [2.05, 4.69) is 5.32 Å². The van der Waals surface area contributed by atoms with Gasteiger partial charge >= 0.3 is 0 Å². The molecule has 1 heterocycles. The van der Waals surface area contributed by atoms with Crippen LogP contribution in [0.1, 0.15) is 23.6 Å². The predicted octanol–water partition coefficient (Wildman–Crippen LogP) is 2.28. The lowest BCUT2D eigenvalue weighted by atomic mass is 9.94. The molecule has 16 heavy (non-hydrogen) atoms. The van der Waals surface area contributed by atoms with Gasteiger partial charge < -0.3 is 10.2 Å². The summed E-state index contributed by atoms with van der Waals surface area (Å²) < 4.78 is 0. The molecular formula is C12H15ClN2O. The Morgan fingerprint density at radius 1 is 1.50 bits per heavy atom. The molecule has 2 rings (SSSR count). The number of benzene rings is 1. The predicted molar refractivity (Wildman–Crippen MR) is 66.0 cm³/mol. The molecule has 0 saturated carbocycles. The Kier molecular flexibility index (Phi) is 2.91. The lowest BCUT2D eigenvalue weighted by Gasteiger charge is -2.33. The first-order valence-corrected chi connectivity index (χ1v) is 5.67. The fourth-order valence-corrected chi connectivity index (χ4v) is 2.38. The van der Waals surface area contributed by atoms with Crippen LogP contribution in [0.5, 0.6) is 0 Å². The summed E-state index contributed by atoms with van der Waals surface area (Å²) in [4.78, 5) is 13.5. The molecule has 0 aliphatic carbocycles. The molecule has 1 aromatic carbocycles. The zero-order valence-corrected chi connectivity index (χ0v) is 10.4. The van der Waals surface area contributed by atoms with E-state index in [-0.39, 0.29) is 11.9 Å². The van der Waals surface area contributed by atoms with E-state index in [4.69, 9.17) is 11.6 Å². The Balaban J connectivity index is 2.63. The van der Waals surface area contributed by atoms with Gasteiger partial charge in [-0.05, 0) is 31.2 Å². The Bertz CT molecular complexity index is 445. The van der Waals surface area contributed by atoms with Crippen molar-refractivity contribution in [3.63, 3.8) is 0 Å². The highest BCUT2D eigenvalue weighted by Crippen LogP contribution is 2.38. The number of carbonyl (C=O) groups is 1. The molecule has 0 bridgehead atoms. The van der Waals surface area contributed by atoms with Crippen molar-refractivity contribution in [2.45, 2.75) is 19.4 Å².